The van der Waals surface area contributed by atoms with Crippen molar-refractivity contribution in [2.45, 2.75) is 25.4 Å². The van der Waals surface area contributed by atoms with E-state index in [1.54, 1.807) is 22.9 Å². The number of ether oxygens (including phenoxy) is 1. The summed E-state index contributed by atoms with van der Waals surface area (Å²) in [5, 5.41) is 17.8. The van der Waals surface area contributed by atoms with Crippen LogP contribution < -0.4 is 9.64 Å². The van der Waals surface area contributed by atoms with E-state index < -0.39 is 0 Å². The van der Waals surface area contributed by atoms with Gasteiger partial charge in [-0.1, -0.05) is 30.0 Å². The van der Waals surface area contributed by atoms with Crippen molar-refractivity contribution in [3.8, 4) is 17.5 Å². The summed E-state index contributed by atoms with van der Waals surface area (Å²) < 4.78 is 7.22. The molecule has 0 unspecified atom stereocenters. The smallest absolute Gasteiger partial charge is 0.237 e. The summed E-state index contributed by atoms with van der Waals surface area (Å²) in [5.41, 5.74) is 3.75. The van der Waals surface area contributed by atoms with E-state index in [2.05, 4.69) is 22.3 Å². The fraction of sp³-hybridized carbons (Fsp3) is 0.273. The molecule has 0 aliphatic rings. The van der Waals surface area contributed by atoms with Gasteiger partial charge in [0.1, 0.15) is 12.1 Å². The normalized spacial score (nSPS) is 10.5. The molecule has 30 heavy (non-hydrogen) atoms. The van der Waals surface area contributed by atoms with Crippen molar-refractivity contribution in [1.29, 1.82) is 5.26 Å². The van der Waals surface area contributed by atoms with Crippen LogP contribution in [0.3, 0.4) is 0 Å². The van der Waals surface area contributed by atoms with Gasteiger partial charge in [-0.25, -0.2) is 0 Å². The number of carbonyl (C=O) groups excluding carboxylic acids is 1. The van der Waals surface area contributed by atoms with Crippen LogP contribution in [0.2, 0.25) is 0 Å². The van der Waals surface area contributed by atoms with Crippen LogP contribution in [0.1, 0.15) is 17.5 Å². The zero-order valence-electron chi connectivity index (χ0n) is 17.2. The maximum Gasteiger partial charge on any atom is 0.237 e. The molecule has 0 radical (unpaired) electrons. The van der Waals surface area contributed by atoms with Crippen molar-refractivity contribution >= 4 is 23.4 Å². The number of nitriles is 1. The zero-order valence-corrected chi connectivity index (χ0v) is 18.0. The summed E-state index contributed by atoms with van der Waals surface area (Å²) in [7, 11) is 1.61. The summed E-state index contributed by atoms with van der Waals surface area (Å²) in [5.74, 6) is 0.776. The first-order chi connectivity index (χ1) is 14.5. The number of para-hydroxylation sites is 2. The summed E-state index contributed by atoms with van der Waals surface area (Å²) in [6, 6.07) is 15.7. The van der Waals surface area contributed by atoms with E-state index in [9.17, 15) is 4.79 Å². The Morgan fingerprint density at radius 3 is 2.67 bits per heavy atom. The highest BCUT2D eigenvalue weighted by Gasteiger charge is 2.19. The molecule has 0 spiro atoms. The number of hydrogen-bond donors (Lipinski definition) is 0. The molecule has 0 N–H and O–H groups in total. The largest absolute Gasteiger partial charge is 0.495 e. The van der Waals surface area contributed by atoms with Gasteiger partial charge < -0.3 is 9.64 Å². The standard InChI is InChI=1S/C22H23N5O2S/c1-16-11-17(2)13-18(12-16)26(10-6-9-23)21(28)14-30-22-25-24-15-27(22)19-7-4-5-8-20(19)29-3/h4-5,7-8,11-13,15H,6,10,14H2,1-3H3. The first-order valence-corrected chi connectivity index (χ1v) is 10.4. The molecule has 3 aromatic rings. The Morgan fingerprint density at radius 1 is 1.23 bits per heavy atom. The van der Waals surface area contributed by atoms with Crippen LogP contribution >= 0.6 is 11.8 Å². The number of hydrogen-bond acceptors (Lipinski definition) is 6. The van der Waals surface area contributed by atoms with Gasteiger partial charge in [-0.15, -0.1) is 10.2 Å². The molecule has 0 bridgehead atoms. The number of benzene rings is 2. The third kappa shape index (κ3) is 4.99. The van der Waals surface area contributed by atoms with Crippen LogP contribution in [0.4, 0.5) is 5.69 Å². The molecule has 0 aliphatic heterocycles. The van der Waals surface area contributed by atoms with Crippen LogP contribution in [0.5, 0.6) is 5.75 Å². The number of carbonyl (C=O) groups is 1. The maximum atomic E-state index is 13.1. The highest BCUT2D eigenvalue weighted by molar-refractivity contribution is 7.99. The van der Waals surface area contributed by atoms with Gasteiger partial charge in [0, 0.05) is 12.2 Å². The SMILES string of the molecule is COc1ccccc1-n1cnnc1SCC(=O)N(CCC#N)c1cc(C)cc(C)c1. The fourth-order valence-corrected chi connectivity index (χ4v) is 3.99. The second-order valence-corrected chi connectivity index (χ2v) is 7.69. The summed E-state index contributed by atoms with van der Waals surface area (Å²) >= 11 is 1.30. The number of thioether (sulfide) groups is 1. The molecule has 0 saturated heterocycles. The van der Waals surface area contributed by atoms with E-state index in [-0.39, 0.29) is 18.1 Å². The van der Waals surface area contributed by atoms with E-state index in [1.807, 2.05) is 50.2 Å². The van der Waals surface area contributed by atoms with E-state index in [4.69, 9.17) is 10.00 Å². The number of aromatic nitrogens is 3. The monoisotopic (exact) mass is 421 g/mol. The van der Waals surface area contributed by atoms with Crippen LogP contribution in [0.25, 0.3) is 5.69 Å². The van der Waals surface area contributed by atoms with Crippen molar-refractivity contribution in [2.75, 3.05) is 24.3 Å². The van der Waals surface area contributed by atoms with Crippen LogP contribution in [0.15, 0.2) is 53.9 Å². The molecule has 0 atom stereocenters. The van der Waals surface area contributed by atoms with Gasteiger partial charge in [0.25, 0.3) is 0 Å². The zero-order chi connectivity index (χ0) is 21.5. The van der Waals surface area contributed by atoms with Gasteiger partial charge >= 0.3 is 0 Å². The predicted molar refractivity (Wildman–Crippen MR) is 117 cm³/mol. The highest BCUT2D eigenvalue weighted by atomic mass is 32.2. The van der Waals surface area contributed by atoms with Crippen molar-refractivity contribution in [1.82, 2.24) is 14.8 Å². The first kappa shape index (κ1) is 21.4. The third-order valence-corrected chi connectivity index (χ3v) is 5.38. The second-order valence-electron chi connectivity index (χ2n) is 6.74. The van der Waals surface area contributed by atoms with Gasteiger partial charge in [-0.05, 0) is 49.2 Å². The Morgan fingerprint density at radius 2 is 1.97 bits per heavy atom. The van der Waals surface area contributed by atoms with Gasteiger partial charge in [0.05, 0.1) is 31.0 Å². The lowest BCUT2D eigenvalue weighted by atomic mass is 10.1. The number of anilines is 1. The van der Waals surface area contributed by atoms with Crippen molar-refractivity contribution in [3.63, 3.8) is 0 Å². The minimum absolute atomic E-state index is 0.0881. The molecule has 1 heterocycles. The van der Waals surface area contributed by atoms with E-state index in [1.165, 1.54) is 11.8 Å². The second kappa shape index (κ2) is 9.94. The molecular formula is C22H23N5O2S. The minimum Gasteiger partial charge on any atom is -0.495 e. The Kier molecular flexibility index (Phi) is 7.09. The van der Waals surface area contributed by atoms with E-state index in [0.717, 1.165) is 22.5 Å². The van der Waals surface area contributed by atoms with Crippen molar-refractivity contribution in [3.05, 3.63) is 59.9 Å². The lowest BCUT2D eigenvalue weighted by molar-refractivity contribution is -0.116. The molecule has 0 aliphatic carbocycles. The number of nitrogens with zero attached hydrogens (tertiary/aromatic N) is 5. The van der Waals surface area contributed by atoms with Gasteiger partial charge in [-0.3, -0.25) is 9.36 Å². The molecule has 0 saturated carbocycles. The number of rotatable bonds is 8. The number of methoxy groups -OCH3 is 1. The molecule has 154 valence electrons. The lowest BCUT2D eigenvalue weighted by Gasteiger charge is -2.22. The molecule has 0 fully saturated rings. The molecule has 2 aromatic carbocycles. The van der Waals surface area contributed by atoms with Crippen LogP contribution in [-0.4, -0.2) is 40.1 Å². The van der Waals surface area contributed by atoms with Gasteiger partial charge in [-0.2, -0.15) is 5.26 Å². The summed E-state index contributed by atoms with van der Waals surface area (Å²) in [4.78, 5) is 14.7. The van der Waals surface area contributed by atoms with E-state index in [0.29, 0.717) is 17.5 Å². The van der Waals surface area contributed by atoms with Gasteiger partial charge in [0.2, 0.25) is 5.91 Å². The molecule has 8 heteroatoms. The summed E-state index contributed by atoms with van der Waals surface area (Å²) in [6.45, 7) is 4.33. The molecular weight excluding hydrogens is 398 g/mol. The molecule has 7 nitrogen and oxygen atoms in total. The summed E-state index contributed by atoms with van der Waals surface area (Å²) in [6.07, 6.45) is 1.86. The Bertz CT molecular complexity index is 1050. The quantitative estimate of drug-likeness (QED) is 0.513. The molecule has 3 rings (SSSR count). The van der Waals surface area contributed by atoms with Crippen LogP contribution in [0, 0.1) is 25.2 Å². The number of amides is 1. The Labute approximate surface area is 180 Å². The van der Waals surface area contributed by atoms with E-state index >= 15 is 0 Å². The minimum atomic E-state index is -0.0881. The lowest BCUT2D eigenvalue weighted by Crippen LogP contribution is -2.33. The predicted octanol–water partition coefficient (Wildman–Crippen LogP) is 3.93. The first-order valence-electron chi connectivity index (χ1n) is 9.45. The molecule has 1 aromatic heterocycles. The van der Waals surface area contributed by atoms with Crippen molar-refractivity contribution in [2.24, 2.45) is 0 Å². The van der Waals surface area contributed by atoms with Crippen LogP contribution in [-0.2, 0) is 4.79 Å². The van der Waals surface area contributed by atoms with Crippen molar-refractivity contribution < 1.29 is 9.53 Å². The fourth-order valence-electron chi connectivity index (χ4n) is 3.19. The Balaban J connectivity index is 1.80. The maximum absolute atomic E-state index is 13.1. The topological polar surface area (TPSA) is 84.0 Å². The average molecular weight is 422 g/mol. The van der Waals surface area contributed by atoms with Gasteiger partial charge in [0.15, 0.2) is 5.16 Å². The average Bonchev–Trinajstić information content (AvgIpc) is 3.20. The highest BCUT2D eigenvalue weighted by Crippen LogP contribution is 2.27. The Hall–Kier alpha value is -3.31. The number of aryl methyl sites for hydroxylation is 2. The molecule has 1 amide bonds. The third-order valence-electron chi connectivity index (χ3n) is 4.45.